The minimum absolute atomic E-state index is 0.0858. The van der Waals surface area contributed by atoms with Gasteiger partial charge in [-0.3, -0.25) is 9.59 Å². The molecule has 1 aromatic rings. The first-order valence-corrected chi connectivity index (χ1v) is 5.99. The van der Waals surface area contributed by atoms with E-state index in [1.807, 2.05) is 14.1 Å². The molecule has 1 aromatic carbocycles. The second kappa shape index (κ2) is 6.86. The lowest BCUT2D eigenvalue weighted by molar-refractivity contribution is -0.117. The highest BCUT2D eigenvalue weighted by Gasteiger charge is 2.07. The van der Waals surface area contributed by atoms with Crippen molar-refractivity contribution in [2.75, 3.05) is 31.3 Å². The molecule has 0 unspecified atom stereocenters. The zero-order chi connectivity index (χ0) is 14.4. The molecule has 0 aliphatic rings. The lowest BCUT2D eigenvalue weighted by Crippen LogP contribution is -2.32. The van der Waals surface area contributed by atoms with Gasteiger partial charge in [0.25, 0.3) is 0 Å². The van der Waals surface area contributed by atoms with Crippen molar-refractivity contribution in [2.45, 2.75) is 13.0 Å². The van der Waals surface area contributed by atoms with Crippen molar-refractivity contribution >= 4 is 23.2 Å². The third-order valence-corrected chi connectivity index (χ3v) is 2.31. The van der Waals surface area contributed by atoms with Crippen molar-refractivity contribution in [1.82, 2.24) is 4.90 Å². The number of carbonyl (C=O) groups excluding carboxylic acids is 2. The summed E-state index contributed by atoms with van der Waals surface area (Å²) in [6, 6.07) is 6.32. The van der Waals surface area contributed by atoms with Crippen LogP contribution in [-0.4, -0.2) is 43.4 Å². The Hall–Kier alpha value is -1.92. The summed E-state index contributed by atoms with van der Waals surface area (Å²) in [6.07, 6.45) is 0. The van der Waals surface area contributed by atoms with E-state index in [4.69, 9.17) is 5.73 Å². The van der Waals surface area contributed by atoms with Gasteiger partial charge in [0.15, 0.2) is 0 Å². The molecule has 0 aliphatic carbocycles. The number of likely N-dealkylation sites (N-methyl/N-ethyl adjacent to an activating group) is 1. The number of nitrogens with zero attached hydrogens (tertiary/aromatic N) is 1. The maximum Gasteiger partial charge on any atom is 0.240 e. The van der Waals surface area contributed by atoms with Gasteiger partial charge in [-0.25, -0.2) is 0 Å². The molecule has 6 nitrogen and oxygen atoms in total. The van der Waals surface area contributed by atoms with Gasteiger partial charge in [-0.1, -0.05) is 0 Å². The van der Waals surface area contributed by atoms with Crippen molar-refractivity contribution < 1.29 is 9.59 Å². The summed E-state index contributed by atoms with van der Waals surface area (Å²) in [7, 11) is 3.65. The fourth-order valence-electron chi connectivity index (χ4n) is 1.38. The second-order valence-electron chi connectivity index (χ2n) is 4.64. The van der Waals surface area contributed by atoms with Crippen molar-refractivity contribution in [1.29, 1.82) is 0 Å². The number of rotatable bonds is 5. The lowest BCUT2D eigenvalue weighted by Gasteiger charge is -2.11. The lowest BCUT2D eigenvalue weighted by atomic mass is 10.2. The molecule has 0 aromatic heterocycles. The normalized spacial score (nSPS) is 12.1. The number of hydrogen-bond donors (Lipinski definition) is 3. The number of nitrogens with one attached hydrogen (secondary N) is 2. The fourth-order valence-corrected chi connectivity index (χ4v) is 1.38. The third kappa shape index (κ3) is 5.50. The number of anilines is 2. The second-order valence-corrected chi connectivity index (χ2v) is 4.64. The summed E-state index contributed by atoms with van der Waals surface area (Å²) in [5, 5.41) is 5.43. The van der Waals surface area contributed by atoms with Crippen LogP contribution < -0.4 is 16.4 Å². The van der Waals surface area contributed by atoms with E-state index in [0.717, 1.165) is 0 Å². The van der Waals surface area contributed by atoms with Crippen molar-refractivity contribution in [3.8, 4) is 0 Å². The van der Waals surface area contributed by atoms with E-state index in [1.54, 1.807) is 36.1 Å². The predicted octanol–water partition coefficient (Wildman–Crippen LogP) is 0.472. The largest absolute Gasteiger partial charge is 0.325 e. The maximum atomic E-state index is 11.5. The molecule has 1 atom stereocenters. The monoisotopic (exact) mass is 264 g/mol. The van der Waals surface area contributed by atoms with Crippen molar-refractivity contribution in [3.05, 3.63) is 24.3 Å². The molecular weight excluding hydrogens is 244 g/mol. The number of benzene rings is 1. The summed E-state index contributed by atoms with van der Waals surface area (Å²) in [5.41, 5.74) is 6.78. The Morgan fingerprint density at radius 3 is 2.05 bits per heavy atom. The van der Waals surface area contributed by atoms with Gasteiger partial charge >= 0.3 is 0 Å². The Labute approximate surface area is 113 Å². The Kier molecular flexibility index (Phi) is 5.47. The Morgan fingerprint density at radius 2 is 1.63 bits per heavy atom. The van der Waals surface area contributed by atoms with Crippen LogP contribution in [-0.2, 0) is 9.59 Å². The van der Waals surface area contributed by atoms with Gasteiger partial charge in [0.05, 0.1) is 12.6 Å². The van der Waals surface area contributed by atoms with Crippen LogP contribution in [0.4, 0.5) is 11.4 Å². The van der Waals surface area contributed by atoms with Gasteiger partial charge in [-0.2, -0.15) is 0 Å². The van der Waals surface area contributed by atoms with Crippen LogP contribution in [0.25, 0.3) is 0 Å². The maximum absolute atomic E-state index is 11.5. The number of carbonyl (C=O) groups is 2. The van der Waals surface area contributed by atoms with Crippen LogP contribution in [0.5, 0.6) is 0 Å². The Bertz CT molecular complexity index is 440. The van der Waals surface area contributed by atoms with E-state index in [-0.39, 0.29) is 11.8 Å². The molecule has 1 rings (SSSR count). The van der Waals surface area contributed by atoms with Crippen LogP contribution in [0.15, 0.2) is 24.3 Å². The van der Waals surface area contributed by atoms with Gasteiger partial charge in [-0.15, -0.1) is 0 Å². The molecule has 0 saturated carbocycles. The molecular formula is C13H20N4O2. The van der Waals surface area contributed by atoms with Crippen LogP contribution in [0.1, 0.15) is 6.92 Å². The molecule has 0 radical (unpaired) electrons. The van der Waals surface area contributed by atoms with E-state index in [1.165, 1.54) is 0 Å². The standard InChI is InChI=1S/C13H20N4O2/c1-9(14)13(19)16-11-6-4-10(5-7-11)15-12(18)8-17(2)3/h4-7,9H,8,14H2,1-3H3,(H,15,18)(H,16,19)/t9-/m1/s1. The minimum Gasteiger partial charge on any atom is -0.325 e. The number of hydrogen-bond acceptors (Lipinski definition) is 4. The highest BCUT2D eigenvalue weighted by molar-refractivity contribution is 5.95. The van der Waals surface area contributed by atoms with Gasteiger partial charge in [0, 0.05) is 11.4 Å². The zero-order valence-corrected chi connectivity index (χ0v) is 11.4. The van der Waals surface area contributed by atoms with E-state index >= 15 is 0 Å². The summed E-state index contributed by atoms with van der Waals surface area (Å²) in [5.74, 6) is -0.332. The first-order chi connectivity index (χ1) is 8.88. The summed E-state index contributed by atoms with van der Waals surface area (Å²) < 4.78 is 0. The number of nitrogens with two attached hydrogens (primary N) is 1. The average Bonchev–Trinajstić information content (AvgIpc) is 2.30. The van der Waals surface area contributed by atoms with Crippen LogP contribution >= 0.6 is 0 Å². The zero-order valence-electron chi connectivity index (χ0n) is 11.4. The molecule has 6 heteroatoms. The van der Waals surface area contributed by atoms with Gasteiger partial charge in [0.1, 0.15) is 0 Å². The number of amides is 2. The van der Waals surface area contributed by atoms with E-state index in [9.17, 15) is 9.59 Å². The molecule has 104 valence electrons. The van der Waals surface area contributed by atoms with Crippen molar-refractivity contribution in [3.63, 3.8) is 0 Å². The van der Waals surface area contributed by atoms with Gasteiger partial charge in [0.2, 0.25) is 11.8 Å². The van der Waals surface area contributed by atoms with Gasteiger partial charge in [-0.05, 0) is 45.3 Å². The molecule has 2 amide bonds. The van der Waals surface area contributed by atoms with Crippen LogP contribution in [0.3, 0.4) is 0 Å². The molecule has 0 saturated heterocycles. The average molecular weight is 264 g/mol. The molecule has 0 bridgehead atoms. The molecule has 0 aliphatic heterocycles. The summed E-state index contributed by atoms with van der Waals surface area (Å²) in [4.78, 5) is 24.7. The Balaban J connectivity index is 2.57. The smallest absolute Gasteiger partial charge is 0.240 e. The van der Waals surface area contributed by atoms with E-state index in [2.05, 4.69) is 10.6 Å². The molecule has 19 heavy (non-hydrogen) atoms. The summed E-state index contributed by atoms with van der Waals surface area (Å²) in [6.45, 7) is 1.94. The highest BCUT2D eigenvalue weighted by atomic mass is 16.2. The predicted molar refractivity (Wildman–Crippen MR) is 75.9 cm³/mol. The molecule has 4 N–H and O–H groups in total. The highest BCUT2D eigenvalue weighted by Crippen LogP contribution is 2.13. The molecule has 0 spiro atoms. The summed E-state index contributed by atoms with van der Waals surface area (Å²) >= 11 is 0. The fraction of sp³-hybridized carbons (Fsp3) is 0.385. The SMILES string of the molecule is C[C@@H](N)C(=O)Nc1ccc(NC(=O)CN(C)C)cc1. The quantitative estimate of drug-likeness (QED) is 0.721. The molecule has 0 fully saturated rings. The first-order valence-electron chi connectivity index (χ1n) is 5.99. The topological polar surface area (TPSA) is 87.5 Å². The third-order valence-electron chi connectivity index (χ3n) is 2.31. The van der Waals surface area contributed by atoms with E-state index < -0.39 is 6.04 Å². The minimum atomic E-state index is -0.556. The van der Waals surface area contributed by atoms with E-state index in [0.29, 0.717) is 17.9 Å². The van der Waals surface area contributed by atoms with Gasteiger partial charge < -0.3 is 21.3 Å². The van der Waals surface area contributed by atoms with Crippen LogP contribution in [0, 0.1) is 0 Å². The first kappa shape index (κ1) is 15.1. The molecule has 0 heterocycles. The Morgan fingerprint density at radius 1 is 1.16 bits per heavy atom. The van der Waals surface area contributed by atoms with Crippen molar-refractivity contribution in [2.24, 2.45) is 5.73 Å². The van der Waals surface area contributed by atoms with Crippen LogP contribution in [0.2, 0.25) is 0 Å².